The van der Waals surface area contributed by atoms with Crippen LogP contribution in [0, 0.1) is 5.82 Å². The maximum absolute atomic E-state index is 13.1. The molecule has 4 nitrogen and oxygen atoms in total. The molecule has 0 amide bonds. The van der Waals surface area contributed by atoms with Gasteiger partial charge in [0.15, 0.2) is 11.5 Å². The Kier molecular flexibility index (Phi) is 5.56. The number of hydrogen-bond donors (Lipinski definition) is 1. The molecule has 3 rings (SSSR count). The number of likely N-dealkylation sites (tertiary alicyclic amines) is 1. The van der Waals surface area contributed by atoms with Gasteiger partial charge in [-0.2, -0.15) is 0 Å². The number of nitrogens with zero attached hydrogens (tertiary/aromatic N) is 1. The van der Waals surface area contributed by atoms with Gasteiger partial charge in [0.2, 0.25) is 0 Å². The molecule has 2 N–H and O–H groups in total. The second-order valence-corrected chi connectivity index (χ2v) is 6.63. The first-order valence-corrected chi connectivity index (χ1v) is 8.53. The average molecular weight is 344 g/mol. The SMILES string of the molecule is COc1ccc(C2CC(N)CN(Cc3ccc(F)cc3)C2)cc1OC. The van der Waals surface area contributed by atoms with Crippen LogP contribution in [0.2, 0.25) is 0 Å². The lowest BCUT2D eigenvalue weighted by molar-refractivity contribution is 0.181. The third kappa shape index (κ3) is 4.30. The maximum Gasteiger partial charge on any atom is 0.160 e. The molecule has 0 bridgehead atoms. The molecule has 2 aromatic carbocycles. The molecule has 134 valence electrons. The number of piperidine rings is 1. The molecule has 5 heteroatoms. The van der Waals surface area contributed by atoms with Crippen molar-refractivity contribution in [2.45, 2.75) is 24.9 Å². The second kappa shape index (κ2) is 7.85. The first kappa shape index (κ1) is 17.7. The van der Waals surface area contributed by atoms with Crippen LogP contribution in [0.4, 0.5) is 4.39 Å². The molecule has 2 atom stereocenters. The highest BCUT2D eigenvalue weighted by molar-refractivity contribution is 5.44. The number of ether oxygens (including phenoxy) is 2. The van der Waals surface area contributed by atoms with Crippen LogP contribution in [-0.4, -0.2) is 38.3 Å². The molecule has 1 aliphatic heterocycles. The fourth-order valence-electron chi connectivity index (χ4n) is 3.56. The predicted molar refractivity (Wildman–Crippen MR) is 96.6 cm³/mol. The first-order chi connectivity index (χ1) is 12.1. The fraction of sp³-hybridized carbons (Fsp3) is 0.400. The van der Waals surface area contributed by atoms with E-state index in [2.05, 4.69) is 11.0 Å². The van der Waals surface area contributed by atoms with E-state index in [1.807, 2.05) is 24.3 Å². The minimum Gasteiger partial charge on any atom is -0.493 e. The third-order valence-electron chi connectivity index (χ3n) is 4.76. The number of halogens is 1. The van der Waals surface area contributed by atoms with Crippen molar-refractivity contribution >= 4 is 0 Å². The summed E-state index contributed by atoms with van der Waals surface area (Å²) in [7, 11) is 3.29. The Morgan fingerprint density at radius 1 is 1.04 bits per heavy atom. The van der Waals surface area contributed by atoms with Crippen molar-refractivity contribution in [2.24, 2.45) is 5.73 Å². The van der Waals surface area contributed by atoms with E-state index in [1.165, 1.54) is 17.7 Å². The Balaban J connectivity index is 1.75. The van der Waals surface area contributed by atoms with E-state index >= 15 is 0 Å². The molecule has 2 unspecified atom stereocenters. The lowest BCUT2D eigenvalue weighted by atomic mass is 9.88. The van der Waals surface area contributed by atoms with Crippen molar-refractivity contribution in [1.29, 1.82) is 0 Å². The maximum atomic E-state index is 13.1. The summed E-state index contributed by atoms with van der Waals surface area (Å²) in [6.45, 7) is 2.54. The second-order valence-electron chi connectivity index (χ2n) is 6.63. The van der Waals surface area contributed by atoms with Crippen molar-refractivity contribution in [1.82, 2.24) is 4.90 Å². The standard InChI is InChI=1S/C20H25FN2O2/c1-24-19-8-5-15(10-20(19)25-2)16-9-18(22)13-23(12-16)11-14-3-6-17(21)7-4-14/h3-8,10,16,18H,9,11-13,22H2,1-2H3. The summed E-state index contributed by atoms with van der Waals surface area (Å²) in [5.74, 6) is 1.60. The van der Waals surface area contributed by atoms with Gasteiger partial charge in [0.1, 0.15) is 5.82 Å². The van der Waals surface area contributed by atoms with Crippen molar-refractivity contribution in [3.05, 3.63) is 59.4 Å². The molecule has 0 aliphatic carbocycles. The van der Waals surface area contributed by atoms with Crippen molar-refractivity contribution in [2.75, 3.05) is 27.3 Å². The van der Waals surface area contributed by atoms with Gasteiger partial charge in [-0.1, -0.05) is 18.2 Å². The van der Waals surface area contributed by atoms with Crippen LogP contribution >= 0.6 is 0 Å². The molecular formula is C20H25FN2O2. The minimum absolute atomic E-state index is 0.118. The highest BCUT2D eigenvalue weighted by Gasteiger charge is 2.27. The lowest BCUT2D eigenvalue weighted by Crippen LogP contribution is -2.45. The Morgan fingerprint density at radius 2 is 1.76 bits per heavy atom. The summed E-state index contributed by atoms with van der Waals surface area (Å²) in [6.07, 6.45) is 0.940. The van der Waals surface area contributed by atoms with Crippen molar-refractivity contribution in [3.8, 4) is 11.5 Å². The molecule has 1 aliphatic rings. The monoisotopic (exact) mass is 344 g/mol. The molecule has 0 radical (unpaired) electrons. The Morgan fingerprint density at radius 3 is 2.44 bits per heavy atom. The van der Waals surface area contributed by atoms with Crippen LogP contribution in [0.3, 0.4) is 0 Å². The predicted octanol–water partition coefficient (Wildman–Crippen LogP) is 3.16. The zero-order chi connectivity index (χ0) is 17.8. The number of benzene rings is 2. The molecule has 1 heterocycles. The molecule has 2 aromatic rings. The summed E-state index contributed by atoms with van der Waals surface area (Å²) < 4.78 is 23.8. The van der Waals surface area contributed by atoms with Crippen LogP contribution in [0.25, 0.3) is 0 Å². The molecule has 25 heavy (non-hydrogen) atoms. The topological polar surface area (TPSA) is 47.7 Å². The minimum atomic E-state index is -0.206. The van der Waals surface area contributed by atoms with Crippen LogP contribution in [0.1, 0.15) is 23.5 Å². The van der Waals surface area contributed by atoms with Gasteiger partial charge < -0.3 is 15.2 Å². The molecule has 1 fully saturated rings. The van der Waals surface area contributed by atoms with E-state index < -0.39 is 0 Å². The first-order valence-electron chi connectivity index (χ1n) is 8.53. The van der Waals surface area contributed by atoms with Gasteiger partial charge in [0.25, 0.3) is 0 Å². The Labute approximate surface area is 148 Å². The number of rotatable bonds is 5. The van der Waals surface area contributed by atoms with Crippen molar-refractivity contribution in [3.63, 3.8) is 0 Å². The molecular weight excluding hydrogens is 319 g/mol. The quantitative estimate of drug-likeness (QED) is 0.905. The van der Waals surface area contributed by atoms with Crippen LogP contribution in [-0.2, 0) is 6.54 Å². The zero-order valence-electron chi connectivity index (χ0n) is 14.7. The van der Waals surface area contributed by atoms with E-state index in [0.717, 1.165) is 43.1 Å². The highest BCUT2D eigenvalue weighted by atomic mass is 19.1. The largest absolute Gasteiger partial charge is 0.493 e. The molecule has 0 aromatic heterocycles. The fourth-order valence-corrected chi connectivity index (χ4v) is 3.56. The molecule has 0 saturated carbocycles. The van der Waals surface area contributed by atoms with Crippen LogP contribution in [0.5, 0.6) is 11.5 Å². The number of nitrogens with two attached hydrogens (primary N) is 1. The van der Waals surface area contributed by atoms with Crippen LogP contribution < -0.4 is 15.2 Å². The molecule has 0 spiro atoms. The van der Waals surface area contributed by atoms with Gasteiger partial charge in [0, 0.05) is 25.7 Å². The summed E-state index contributed by atoms with van der Waals surface area (Å²) in [6, 6.07) is 12.9. The van der Waals surface area contributed by atoms with Gasteiger partial charge in [-0.25, -0.2) is 4.39 Å². The van der Waals surface area contributed by atoms with Gasteiger partial charge in [-0.05, 0) is 47.7 Å². The van der Waals surface area contributed by atoms with E-state index in [-0.39, 0.29) is 11.9 Å². The summed E-state index contributed by atoms with van der Waals surface area (Å²) in [5, 5.41) is 0. The molecule has 1 saturated heterocycles. The van der Waals surface area contributed by atoms with Gasteiger partial charge in [-0.3, -0.25) is 4.90 Å². The van der Waals surface area contributed by atoms with E-state index in [4.69, 9.17) is 15.2 Å². The lowest BCUT2D eigenvalue weighted by Gasteiger charge is -2.36. The third-order valence-corrected chi connectivity index (χ3v) is 4.76. The summed E-state index contributed by atoms with van der Waals surface area (Å²) in [5.41, 5.74) is 8.60. The van der Waals surface area contributed by atoms with Gasteiger partial charge in [0.05, 0.1) is 14.2 Å². The average Bonchev–Trinajstić information content (AvgIpc) is 2.62. The summed E-state index contributed by atoms with van der Waals surface area (Å²) >= 11 is 0. The van der Waals surface area contributed by atoms with Crippen LogP contribution in [0.15, 0.2) is 42.5 Å². The Hall–Kier alpha value is -2.11. The Bertz CT molecular complexity index is 705. The van der Waals surface area contributed by atoms with Gasteiger partial charge >= 0.3 is 0 Å². The zero-order valence-corrected chi connectivity index (χ0v) is 14.7. The van der Waals surface area contributed by atoms with E-state index in [9.17, 15) is 4.39 Å². The van der Waals surface area contributed by atoms with Crippen molar-refractivity contribution < 1.29 is 13.9 Å². The number of hydrogen-bond acceptors (Lipinski definition) is 4. The van der Waals surface area contributed by atoms with E-state index in [0.29, 0.717) is 5.92 Å². The smallest absolute Gasteiger partial charge is 0.160 e. The van der Waals surface area contributed by atoms with Gasteiger partial charge in [-0.15, -0.1) is 0 Å². The highest BCUT2D eigenvalue weighted by Crippen LogP contribution is 2.34. The summed E-state index contributed by atoms with van der Waals surface area (Å²) in [4.78, 5) is 2.34. The number of methoxy groups -OCH3 is 2. The normalized spacial score (nSPS) is 21.1. The van der Waals surface area contributed by atoms with E-state index in [1.54, 1.807) is 14.2 Å².